The molecule has 2 amide bonds. The number of nitrogens with one attached hydrogen (secondary N) is 1. The van der Waals surface area contributed by atoms with E-state index in [1.165, 1.54) is 0 Å². The van der Waals surface area contributed by atoms with Crippen LogP contribution in [0.5, 0.6) is 5.75 Å². The third-order valence-electron chi connectivity index (χ3n) is 6.23. The SMILES string of the molecule is COc1cccc([C@@H]2C[C@]3(C)NC(=O)CCCC[C@@H]3N2C(=O)c2ccn(C)n2)c1. The molecule has 1 aromatic carbocycles. The van der Waals surface area contributed by atoms with E-state index >= 15 is 0 Å². The van der Waals surface area contributed by atoms with Gasteiger partial charge in [-0.2, -0.15) is 5.10 Å². The van der Waals surface area contributed by atoms with E-state index in [1.54, 1.807) is 31.1 Å². The quantitative estimate of drug-likeness (QED) is 0.866. The zero-order valence-corrected chi connectivity index (χ0v) is 17.2. The minimum Gasteiger partial charge on any atom is -0.497 e. The first kappa shape index (κ1) is 19.5. The van der Waals surface area contributed by atoms with E-state index in [2.05, 4.69) is 17.3 Å². The maximum atomic E-state index is 13.6. The average molecular weight is 396 g/mol. The van der Waals surface area contributed by atoms with Gasteiger partial charge >= 0.3 is 0 Å². The van der Waals surface area contributed by atoms with Gasteiger partial charge in [0.1, 0.15) is 11.4 Å². The summed E-state index contributed by atoms with van der Waals surface area (Å²) in [5.41, 5.74) is 0.962. The molecule has 2 aromatic rings. The lowest BCUT2D eigenvalue weighted by Gasteiger charge is -2.38. The highest BCUT2D eigenvalue weighted by Gasteiger charge is 2.52. The van der Waals surface area contributed by atoms with Gasteiger partial charge in [-0.25, -0.2) is 0 Å². The van der Waals surface area contributed by atoms with Crippen LogP contribution in [0.1, 0.15) is 61.1 Å². The van der Waals surface area contributed by atoms with E-state index in [1.807, 2.05) is 29.2 Å². The second kappa shape index (κ2) is 7.54. The van der Waals surface area contributed by atoms with E-state index in [0.717, 1.165) is 30.6 Å². The predicted molar refractivity (Wildman–Crippen MR) is 109 cm³/mol. The highest BCUT2D eigenvalue weighted by atomic mass is 16.5. The maximum Gasteiger partial charge on any atom is 0.275 e. The molecule has 1 aromatic heterocycles. The minimum absolute atomic E-state index is 0.0636. The summed E-state index contributed by atoms with van der Waals surface area (Å²) in [6.07, 6.45) is 5.60. The Morgan fingerprint density at radius 1 is 1.31 bits per heavy atom. The summed E-state index contributed by atoms with van der Waals surface area (Å²) in [6.45, 7) is 2.07. The van der Waals surface area contributed by atoms with Crippen molar-refractivity contribution in [3.8, 4) is 5.75 Å². The van der Waals surface area contributed by atoms with E-state index in [-0.39, 0.29) is 23.9 Å². The molecule has 0 unspecified atom stereocenters. The van der Waals surface area contributed by atoms with Gasteiger partial charge in [-0.3, -0.25) is 14.3 Å². The smallest absolute Gasteiger partial charge is 0.275 e. The number of hydrogen-bond donors (Lipinski definition) is 1. The lowest BCUT2D eigenvalue weighted by molar-refractivity contribution is -0.123. The molecule has 0 radical (unpaired) electrons. The van der Waals surface area contributed by atoms with Gasteiger partial charge in [0.15, 0.2) is 0 Å². The number of hydrogen-bond acceptors (Lipinski definition) is 4. The topological polar surface area (TPSA) is 76.5 Å². The van der Waals surface area contributed by atoms with Crippen molar-refractivity contribution in [2.24, 2.45) is 7.05 Å². The number of fused-ring (bicyclic) bond motifs is 1. The van der Waals surface area contributed by atoms with Crippen LogP contribution in [0.15, 0.2) is 36.5 Å². The Kier molecular flexibility index (Phi) is 5.06. The van der Waals surface area contributed by atoms with Gasteiger partial charge < -0.3 is 15.0 Å². The number of amides is 2. The Morgan fingerprint density at radius 2 is 2.14 bits per heavy atom. The van der Waals surface area contributed by atoms with Crippen LogP contribution >= 0.6 is 0 Å². The molecular weight excluding hydrogens is 368 g/mol. The fraction of sp³-hybridized carbons (Fsp3) is 0.500. The molecular formula is C22H28N4O3. The predicted octanol–water partition coefficient (Wildman–Crippen LogP) is 2.83. The Hall–Kier alpha value is -2.83. The van der Waals surface area contributed by atoms with E-state index in [0.29, 0.717) is 18.5 Å². The molecule has 0 aliphatic carbocycles. The molecule has 0 spiro atoms. The van der Waals surface area contributed by atoms with Crippen molar-refractivity contribution in [1.82, 2.24) is 20.0 Å². The fourth-order valence-electron chi connectivity index (χ4n) is 4.83. The lowest BCUT2D eigenvalue weighted by atomic mass is 9.85. The van der Waals surface area contributed by atoms with Crippen molar-refractivity contribution in [2.75, 3.05) is 7.11 Å². The summed E-state index contributed by atoms with van der Waals surface area (Å²) in [5, 5.41) is 7.59. The Morgan fingerprint density at radius 3 is 2.86 bits per heavy atom. The monoisotopic (exact) mass is 396 g/mol. The van der Waals surface area contributed by atoms with E-state index < -0.39 is 5.54 Å². The molecule has 0 bridgehead atoms. The summed E-state index contributed by atoms with van der Waals surface area (Å²) in [7, 11) is 3.45. The molecule has 154 valence electrons. The molecule has 3 heterocycles. The third kappa shape index (κ3) is 3.61. The Balaban J connectivity index is 1.78. The van der Waals surface area contributed by atoms with Gasteiger partial charge in [-0.1, -0.05) is 18.6 Å². The number of carbonyl (C=O) groups excluding carboxylic acids is 2. The highest BCUT2D eigenvalue weighted by molar-refractivity contribution is 5.93. The minimum atomic E-state index is -0.477. The van der Waals surface area contributed by atoms with Crippen LogP contribution in [0.4, 0.5) is 0 Å². The summed E-state index contributed by atoms with van der Waals surface area (Å²) < 4.78 is 7.05. The van der Waals surface area contributed by atoms with Crippen molar-refractivity contribution in [3.05, 3.63) is 47.8 Å². The van der Waals surface area contributed by atoms with Crippen LogP contribution in [-0.4, -0.2) is 45.2 Å². The number of nitrogens with zero attached hydrogens (tertiary/aromatic N) is 3. The highest BCUT2D eigenvalue weighted by Crippen LogP contribution is 2.46. The maximum absolute atomic E-state index is 13.6. The van der Waals surface area contributed by atoms with Crippen LogP contribution in [0.3, 0.4) is 0 Å². The zero-order chi connectivity index (χ0) is 20.6. The number of ether oxygens (including phenoxy) is 1. The van der Waals surface area contributed by atoms with Crippen molar-refractivity contribution in [3.63, 3.8) is 0 Å². The molecule has 2 aliphatic rings. The first-order chi connectivity index (χ1) is 13.9. The molecule has 2 saturated heterocycles. The number of likely N-dealkylation sites (tertiary alicyclic amines) is 1. The zero-order valence-electron chi connectivity index (χ0n) is 17.2. The first-order valence-electron chi connectivity index (χ1n) is 10.2. The summed E-state index contributed by atoms with van der Waals surface area (Å²) in [5.74, 6) is 0.724. The number of methoxy groups -OCH3 is 1. The second-order valence-electron chi connectivity index (χ2n) is 8.31. The first-order valence-corrected chi connectivity index (χ1v) is 10.2. The van der Waals surface area contributed by atoms with Crippen molar-refractivity contribution in [2.45, 2.75) is 56.7 Å². The van der Waals surface area contributed by atoms with Crippen molar-refractivity contribution in [1.29, 1.82) is 0 Å². The van der Waals surface area contributed by atoms with Crippen LogP contribution < -0.4 is 10.1 Å². The van der Waals surface area contributed by atoms with Gasteiger partial charge in [0.05, 0.1) is 24.7 Å². The molecule has 29 heavy (non-hydrogen) atoms. The lowest BCUT2D eigenvalue weighted by Crippen LogP contribution is -2.56. The average Bonchev–Trinajstić information content (AvgIpc) is 3.24. The Labute approximate surface area is 171 Å². The molecule has 1 N–H and O–H groups in total. The second-order valence-corrected chi connectivity index (χ2v) is 8.31. The fourth-order valence-corrected chi connectivity index (χ4v) is 4.83. The van der Waals surface area contributed by atoms with Gasteiger partial charge in [0.25, 0.3) is 5.91 Å². The largest absolute Gasteiger partial charge is 0.497 e. The van der Waals surface area contributed by atoms with E-state index in [9.17, 15) is 9.59 Å². The molecule has 7 nitrogen and oxygen atoms in total. The molecule has 7 heteroatoms. The van der Waals surface area contributed by atoms with Crippen LogP contribution in [0.2, 0.25) is 0 Å². The third-order valence-corrected chi connectivity index (χ3v) is 6.23. The van der Waals surface area contributed by atoms with Crippen LogP contribution in [0, 0.1) is 0 Å². The molecule has 2 fully saturated rings. The van der Waals surface area contributed by atoms with Crippen LogP contribution in [-0.2, 0) is 11.8 Å². The number of carbonyl (C=O) groups is 2. The summed E-state index contributed by atoms with van der Waals surface area (Å²) in [4.78, 5) is 28.0. The van der Waals surface area contributed by atoms with Gasteiger partial charge in [-0.05, 0) is 49.9 Å². The van der Waals surface area contributed by atoms with Crippen LogP contribution in [0.25, 0.3) is 0 Å². The van der Waals surface area contributed by atoms with Gasteiger partial charge in [0.2, 0.25) is 5.91 Å². The van der Waals surface area contributed by atoms with E-state index in [4.69, 9.17) is 4.74 Å². The molecule has 2 aliphatic heterocycles. The van der Waals surface area contributed by atoms with Crippen molar-refractivity contribution >= 4 is 11.8 Å². The molecule has 4 rings (SSSR count). The molecule has 3 atom stereocenters. The normalized spacial score (nSPS) is 27.0. The summed E-state index contributed by atoms with van der Waals surface area (Å²) >= 11 is 0. The number of benzene rings is 1. The van der Waals surface area contributed by atoms with Gasteiger partial charge in [0, 0.05) is 19.7 Å². The van der Waals surface area contributed by atoms with Crippen molar-refractivity contribution < 1.29 is 14.3 Å². The number of aromatic nitrogens is 2. The Bertz CT molecular complexity index is 924. The summed E-state index contributed by atoms with van der Waals surface area (Å²) in [6, 6.07) is 9.35. The molecule has 0 saturated carbocycles. The van der Waals surface area contributed by atoms with Gasteiger partial charge in [-0.15, -0.1) is 0 Å². The number of aryl methyl sites for hydroxylation is 1. The standard InChI is InChI=1S/C22H28N4O3/c1-22-14-18(15-7-6-8-16(13-15)29-3)26(21(28)17-11-12-25(2)24-17)19(22)9-4-5-10-20(27)23-22/h6-8,11-13,18-19H,4-5,9-10,14H2,1-3H3,(H,23,27)/t18-,19-,22-/m0/s1. The number of rotatable bonds is 3.